The maximum atomic E-state index is 12.0. The van der Waals surface area contributed by atoms with E-state index in [0.717, 1.165) is 38.9 Å². The van der Waals surface area contributed by atoms with Gasteiger partial charge in [-0.05, 0) is 37.9 Å². The third kappa shape index (κ3) is 3.03. The molecule has 104 valence electrons. The number of nitrogens with one attached hydrogen (secondary N) is 1. The first-order chi connectivity index (χ1) is 9.15. The second kappa shape index (κ2) is 5.29. The summed E-state index contributed by atoms with van der Waals surface area (Å²) in [6, 6.07) is 0. The fourth-order valence-electron chi connectivity index (χ4n) is 3.07. The van der Waals surface area contributed by atoms with Gasteiger partial charge in [0.2, 0.25) is 0 Å². The van der Waals surface area contributed by atoms with E-state index in [0.29, 0.717) is 5.92 Å². The minimum atomic E-state index is -0.493. The number of fused-ring (bicyclic) bond motifs is 3. The number of hydrogen-bond donors (Lipinski definition) is 1. The summed E-state index contributed by atoms with van der Waals surface area (Å²) in [5.41, 5.74) is 0. The number of alkyl halides is 1. The van der Waals surface area contributed by atoms with Gasteiger partial charge in [-0.2, -0.15) is 0 Å². The summed E-state index contributed by atoms with van der Waals surface area (Å²) in [5, 5.41) is 2.90. The molecule has 2 unspecified atom stereocenters. The van der Waals surface area contributed by atoms with Crippen molar-refractivity contribution >= 4 is 22.0 Å². The van der Waals surface area contributed by atoms with Crippen LogP contribution in [0.15, 0.2) is 24.3 Å². The lowest BCUT2D eigenvalue weighted by Crippen LogP contribution is -2.53. The lowest BCUT2D eigenvalue weighted by Gasteiger charge is -2.44. The molecule has 0 aromatic heterocycles. The third-order valence-electron chi connectivity index (χ3n) is 4.19. The van der Waals surface area contributed by atoms with Gasteiger partial charge in [-0.3, -0.25) is 4.90 Å². The predicted molar refractivity (Wildman–Crippen MR) is 77.1 cm³/mol. The number of carbonyl (C=O) groups excluding carboxylic acids is 1. The van der Waals surface area contributed by atoms with Gasteiger partial charge in [-0.15, -0.1) is 0 Å². The molecule has 2 bridgehead atoms. The fourth-order valence-corrected chi connectivity index (χ4v) is 3.57. The van der Waals surface area contributed by atoms with Gasteiger partial charge in [0, 0.05) is 13.0 Å². The first-order valence-corrected chi connectivity index (χ1v) is 7.68. The largest absolute Gasteiger partial charge is 0.445 e. The van der Waals surface area contributed by atoms with Crippen LogP contribution < -0.4 is 5.32 Å². The summed E-state index contributed by atoms with van der Waals surface area (Å²) in [6.07, 6.45) is 10.6. The first-order valence-electron chi connectivity index (χ1n) is 6.89. The van der Waals surface area contributed by atoms with Gasteiger partial charge in [0.05, 0.1) is 0 Å². The summed E-state index contributed by atoms with van der Waals surface area (Å²) in [7, 11) is 0. The van der Waals surface area contributed by atoms with Crippen LogP contribution in [0.3, 0.4) is 0 Å². The molecule has 0 aromatic rings. The molecular formula is C14H19BrN2O2. The number of nitrogens with zero attached hydrogens (tertiary/aromatic N) is 1. The van der Waals surface area contributed by atoms with Crippen LogP contribution in [0.25, 0.3) is 0 Å². The van der Waals surface area contributed by atoms with Crippen LogP contribution in [0.5, 0.6) is 0 Å². The van der Waals surface area contributed by atoms with E-state index < -0.39 is 4.45 Å². The van der Waals surface area contributed by atoms with E-state index in [-0.39, 0.29) is 12.2 Å². The molecule has 4 rings (SSSR count). The van der Waals surface area contributed by atoms with Crippen molar-refractivity contribution in [3.05, 3.63) is 24.3 Å². The molecule has 3 aliphatic heterocycles. The molecule has 3 saturated heterocycles. The molecule has 0 aromatic carbocycles. The van der Waals surface area contributed by atoms with Gasteiger partial charge >= 0.3 is 6.09 Å². The van der Waals surface area contributed by atoms with Gasteiger partial charge in [0.15, 0.2) is 0 Å². The van der Waals surface area contributed by atoms with Crippen LogP contribution in [0, 0.1) is 5.92 Å². The van der Waals surface area contributed by atoms with Crippen LogP contribution in [0.1, 0.15) is 19.3 Å². The number of carbonyl (C=O) groups is 1. The topological polar surface area (TPSA) is 41.6 Å². The number of halogens is 1. The molecule has 3 fully saturated rings. The highest BCUT2D eigenvalue weighted by Crippen LogP contribution is 2.30. The molecule has 2 atom stereocenters. The Kier molecular flexibility index (Phi) is 3.67. The van der Waals surface area contributed by atoms with E-state index in [4.69, 9.17) is 4.74 Å². The minimum Gasteiger partial charge on any atom is -0.445 e. The van der Waals surface area contributed by atoms with E-state index in [9.17, 15) is 4.79 Å². The molecule has 4 aliphatic rings. The summed E-state index contributed by atoms with van der Waals surface area (Å²) in [6.45, 7) is 3.20. The number of piperidine rings is 3. The van der Waals surface area contributed by atoms with Crippen molar-refractivity contribution in [1.82, 2.24) is 10.2 Å². The second-order valence-electron chi connectivity index (χ2n) is 5.56. The quantitative estimate of drug-likeness (QED) is 0.626. The molecule has 5 heteroatoms. The molecular weight excluding hydrogens is 308 g/mol. The average molecular weight is 327 g/mol. The van der Waals surface area contributed by atoms with Gasteiger partial charge in [-0.25, -0.2) is 4.79 Å². The molecule has 3 heterocycles. The van der Waals surface area contributed by atoms with E-state index >= 15 is 0 Å². The second-order valence-corrected chi connectivity index (χ2v) is 6.98. The number of allylic oxidation sites excluding steroid dienone is 2. The summed E-state index contributed by atoms with van der Waals surface area (Å²) in [5.74, 6) is 0.545. The van der Waals surface area contributed by atoms with E-state index in [1.165, 1.54) is 0 Å². The molecule has 0 saturated carbocycles. The fraction of sp³-hybridized carbons (Fsp3) is 0.643. The number of alkyl carbamates (subject to hydrolysis) is 1. The van der Waals surface area contributed by atoms with Crippen LogP contribution in [0.2, 0.25) is 0 Å². The van der Waals surface area contributed by atoms with Gasteiger partial charge in [0.25, 0.3) is 0 Å². The molecule has 1 amide bonds. The summed E-state index contributed by atoms with van der Waals surface area (Å²) < 4.78 is 5.12. The van der Waals surface area contributed by atoms with Gasteiger partial charge in [0.1, 0.15) is 10.6 Å². The maximum absolute atomic E-state index is 12.0. The van der Waals surface area contributed by atoms with Crippen LogP contribution in [-0.2, 0) is 4.74 Å². The molecule has 0 spiro atoms. The predicted octanol–water partition coefficient (Wildman–Crippen LogP) is 2.41. The highest BCUT2D eigenvalue weighted by atomic mass is 79.9. The van der Waals surface area contributed by atoms with Crippen molar-refractivity contribution in [3.8, 4) is 0 Å². The zero-order valence-electron chi connectivity index (χ0n) is 10.8. The average Bonchev–Trinajstić information content (AvgIpc) is 2.40. The summed E-state index contributed by atoms with van der Waals surface area (Å²) >= 11 is 3.54. The monoisotopic (exact) mass is 326 g/mol. The maximum Gasteiger partial charge on any atom is 0.408 e. The Morgan fingerprint density at radius 3 is 2.74 bits per heavy atom. The van der Waals surface area contributed by atoms with Crippen molar-refractivity contribution in [2.45, 2.75) is 29.8 Å². The van der Waals surface area contributed by atoms with Crippen molar-refractivity contribution in [1.29, 1.82) is 0 Å². The zero-order valence-corrected chi connectivity index (χ0v) is 12.4. The number of hydrogen-bond acceptors (Lipinski definition) is 3. The van der Waals surface area contributed by atoms with E-state index in [1.807, 2.05) is 24.3 Å². The standard InChI is InChI=1S/C14H19BrN2O2/c15-14(6-2-1-3-7-14)16-13(18)19-12-10-17-8-4-11(12)5-9-17/h1-3,6,11-12H,4-5,7-10H2,(H,16,18). The SMILES string of the molecule is O=C(NC1(Br)C=CC=CC1)OC1CN2CCC1CC2. The Bertz CT molecular complexity index is 416. The Morgan fingerprint density at radius 2 is 2.16 bits per heavy atom. The van der Waals surface area contributed by atoms with E-state index in [1.54, 1.807) is 0 Å². The summed E-state index contributed by atoms with van der Waals surface area (Å²) in [4.78, 5) is 14.4. The van der Waals surface area contributed by atoms with Crippen molar-refractivity contribution in [3.63, 3.8) is 0 Å². The molecule has 1 N–H and O–H groups in total. The highest BCUT2D eigenvalue weighted by Gasteiger charge is 2.37. The van der Waals surface area contributed by atoms with Crippen LogP contribution >= 0.6 is 15.9 Å². The minimum absolute atomic E-state index is 0.0571. The Balaban J connectivity index is 1.54. The Hall–Kier alpha value is -0.810. The lowest BCUT2D eigenvalue weighted by molar-refractivity contribution is -0.0337. The number of rotatable bonds is 2. The highest BCUT2D eigenvalue weighted by molar-refractivity contribution is 9.10. The Morgan fingerprint density at radius 1 is 1.37 bits per heavy atom. The van der Waals surface area contributed by atoms with Gasteiger partial charge in [-0.1, -0.05) is 34.2 Å². The van der Waals surface area contributed by atoms with Gasteiger partial charge < -0.3 is 10.1 Å². The molecule has 4 nitrogen and oxygen atoms in total. The molecule has 0 radical (unpaired) electrons. The van der Waals surface area contributed by atoms with E-state index in [2.05, 4.69) is 26.1 Å². The Labute approximate surface area is 122 Å². The molecule has 19 heavy (non-hydrogen) atoms. The lowest BCUT2D eigenvalue weighted by atomic mass is 9.86. The van der Waals surface area contributed by atoms with Crippen molar-refractivity contribution in [2.75, 3.05) is 19.6 Å². The third-order valence-corrected chi connectivity index (χ3v) is 4.97. The van der Waals surface area contributed by atoms with Crippen LogP contribution in [0.4, 0.5) is 4.79 Å². The smallest absolute Gasteiger partial charge is 0.408 e. The number of ether oxygens (including phenoxy) is 1. The van der Waals surface area contributed by atoms with Crippen molar-refractivity contribution in [2.24, 2.45) is 5.92 Å². The first kappa shape index (κ1) is 13.2. The van der Waals surface area contributed by atoms with Crippen LogP contribution in [-0.4, -0.2) is 41.2 Å². The zero-order chi connectivity index (χ0) is 13.3. The van der Waals surface area contributed by atoms with Crippen molar-refractivity contribution < 1.29 is 9.53 Å². The number of amides is 1. The normalized spacial score (nSPS) is 40.2. The molecule has 1 aliphatic carbocycles.